The highest BCUT2D eigenvalue weighted by atomic mass is 79.9. The largest absolute Gasteiger partial charge is 0.313 e. The van der Waals surface area contributed by atoms with Crippen molar-refractivity contribution in [3.63, 3.8) is 0 Å². The molecule has 0 saturated heterocycles. The third-order valence-electron chi connectivity index (χ3n) is 4.03. The zero-order valence-electron chi connectivity index (χ0n) is 11.8. The Hall–Kier alpha value is -0.190. The molecular weight excluding hydrogens is 322 g/mol. The summed E-state index contributed by atoms with van der Waals surface area (Å²) in [7, 11) is -0.928. The van der Waals surface area contributed by atoms with Gasteiger partial charge in [-0.1, -0.05) is 36.7 Å². The molecule has 3 unspecified atom stereocenters. The molecule has 0 aromatic heterocycles. The van der Waals surface area contributed by atoms with E-state index in [0.29, 0.717) is 6.04 Å². The summed E-state index contributed by atoms with van der Waals surface area (Å²) in [5, 5.41) is 3.76. The van der Waals surface area contributed by atoms with Gasteiger partial charge in [0, 0.05) is 15.4 Å². The number of halogens is 1. The van der Waals surface area contributed by atoms with Crippen LogP contribution in [0, 0.1) is 5.41 Å². The van der Waals surface area contributed by atoms with Crippen molar-refractivity contribution in [1.29, 1.82) is 0 Å². The van der Waals surface area contributed by atoms with Gasteiger partial charge in [0.25, 0.3) is 0 Å². The fourth-order valence-corrected chi connectivity index (χ4v) is 5.00. The summed E-state index contributed by atoms with van der Waals surface area (Å²) >= 11 is 3.42. The number of rotatable bonds is 4. The van der Waals surface area contributed by atoms with Crippen LogP contribution in [0.5, 0.6) is 0 Å². The van der Waals surface area contributed by atoms with Crippen molar-refractivity contribution >= 4 is 26.7 Å². The van der Waals surface area contributed by atoms with Crippen molar-refractivity contribution in [3.05, 3.63) is 28.7 Å². The van der Waals surface area contributed by atoms with Gasteiger partial charge in [-0.2, -0.15) is 0 Å². The van der Waals surface area contributed by atoms with Gasteiger partial charge in [0.15, 0.2) is 0 Å². The van der Waals surface area contributed by atoms with Crippen LogP contribution in [0.25, 0.3) is 0 Å². The molecular formula is C15H22BrNOS. The maximum atomic E-state index is 12.8. The van der Waals surface area contributed by atoms with E-state index in [9.17, 15) is 4.21 Å². The summed E-state index contributed by atoms with van der Waals surface area (Å²) in [4.78, 5) is 0.939. The van der Waals surface area contributed by atoms with Gasteiger partial charge in [-0.3, -0.25) is 4.21 Å². The van der Waals surface area contributed by atoms with Gasteiger partial charge in [-0.05, 0) is 49.1 Å². The molecule has 1 aliphatic carbocycles. The Morgan fingerprint density at radius 1 is 1.37 bits per heavy atom. The predicted molar refractivity (Wildman–Crippen MR) is 84.8 cm³/mol. The standard InChI is InChI=1S/C15H22BrNOS/c1-4-17-14-13(9-10-15(14,2)3)19(18)12-7-5-11(16)6-8-12/h5-8,13-14,17H,4,9-10H2,1-3H3. The summed E-state index contributed by atoms with van der Waals surface area (Å²) in [5.41, 5.74) is 0.228. The Bertz CT molecular complexity index is 458. The van der Waals surface area contributed by atoms with E-state index < -0.39 is 10.8 Å². The van der Waals surface area contributed by atoms with E-state index >= 15 is 0 Å². The van der Waals surface area contributed by atoms with Gasteiger partial charge in [0.2, 0.25) is 0 Å². The maximum absolute atomic E-state index is 12.8. The SMILES string of the molecule is CCNC1C(S(=O)c2ccc(Br)cc2)CCC1(C)C. The van der Waals surface area contributed by atoms with Crippen LogP contribution >= 0.6 is 15.9 Å². The van der Waals surface area contributed by atoms with Crippen LogP contribution in [0.3, 0.4) is 0 Å². The molecule has 2 rings (SSSR count). The average Bonchev–Trinajstić information content (AvgIpc) is 2.66. The van der Waals surface area contributed by atoms with E-state index in [-0.39, 0.29) is 10.7 Å². The maximum Gasteiger partial charge on any atom is 0.0576 e. The molecule has 0 aliphatic heterocycles. The van der Waals surface area contributed by atoms with Gasteiger partial charge in [-0.25, -0.2) is 0 Å². The first-order valence-electron chi connectivity index (χ1n) is 6.85. The highest BCUT2D eigenvalue weighted by Crippen LogP contribution is 2.41. The van der Waals surface area contributed by atoms with Crippen molar-refractivity contribution < 1.29 is 4.21 Å². The molecule has 1 N–H and O–H groups in total. The van der Waals surface area contributed by atoms with Crippen LogP contribution in [-0.4, -0.2) is 22.0 Å². The molecule has 1 aliphatic rings. The zero-order chi connectivity index (χ0) is 14.0. The average molecular weight is 344 g/mol. The minimum absolute atomic E-state index is 0.219. The Balaban J connectivity index is 2.21. The van der Waals surface area contributed by atoms with Crippen molar-refractivity contribution in [2.45, 2.75) is 49.8 Å². The van der Waals surface area contributed by atoms with Gasteiger partial charge in [0.1, 0.15) is 0 Å². The molecule has 0 radical (unpaired) electrons. The number of nitrogens with one attached hydrogen (secondary N) is 1. The van der Waals surface area contributed by atoms with Crippen molar-refractivity contribution in [2.75, 3.05) is 6.54 Å². The second kappa shape index (κ2) is 6.06. The third kappa shape index (κ3) is 3.29. The molecule has 0 spiro atoms. The van der Waals surface area contributed by atoms with Crippen molar-refractivity contribution in [1.82, 2.24) is 5.32 Å². The topological polar surface area (TPSA) is 29.1 Å². The van der Waals surface area contributed by atoms with Crippen LogP contribution < -0.4 is 5.32 Å². The molecule has 1 fully saturated rings. The minimum atomic E-state index is -0.928. The Kier molecular flexibility index (Phi) is 4.85. The van der Waals surface area contributed by atoms with E-state index in [1.807, 2.05) is 24.3 Å². The fraction of sp³-hybridized carbons (Fsp3) is 0.600. The molecule has 1 saturated carbocycles. The molecule has 19 heavy (non-hydrogen) atoms. The van der Waals surface area contributed by atoms with Crippen LogP contribution in [0.2, 0.25) is 0 Å². The number of hydrogen-bond donors (Lipinski definition) is 1. The van der Waals surface area contributed by atoms with Crippen LogP contribution in [0.4, 0.5) is 0 Å². The summed E-state index contributed by atoms with van der Waals surface area (Å²) < 4.78 is 13.8. The summed E-state index contributed by atoms with van der Waals surface area (Å²) in [5.74, 6) is 0. The van der Waals surface area contributed by atoms with Crippen LogP contribution in [-0.2, 0) is 10.8 Å². The fourth-order valence-electron chi connectivity index (χ4n) is 2.94. The molecule has 106 valence electrons. The van der Waals surface area contributed by atoms with E-state index in [1.54, 1.807) is 0 Å². The van der Waals surface area contributed by atoms with E-state index in [4.69, 9.17) is 0 Å². The van der Waals surface area contributed by atoms with E-state index in [0.717, 1.165) is 28.8 Å². The molecule has 4 heteroatoms. The highest BCUT2D eigenvalue weighted by Gasteiger charge is 2.44. The minimum Gasteiger partial charge on any atom is -0.313 e. The van der Waals surface area contributed by atoms with Crippen molar-refractivity contribution in [3.8, 4) is 0 Å². The summed E-state index contributed by atoms with van der Waals surface area (Å²) in [6.07, 6.45) is 2.17. The molecule has 1 aromatic carbocycles. The third-order valence-corrected chi connectivity index (χ3v) is 6.36. The van der Waals surface area contributed by atoms with Crippen LogP contribution in [0.1, 0.15) is 33.6 Å². The molecule has 0 amide bonds. The number of benzene rings is 1. The lowest BCUT2D eigenvalue weighted by Crippen LogP contribution is -2.45. The smallest absolute Gasteiger partial charge is 0.0576 e. The molecule has 0 heterocycles. The van der Waals surface area contributed by atoms with Crippen LogP contribution in [0.15, 0.2) is 33.6 Å². The molecule has 0 bridgehead atoms. The number of hydrogen-bond acceptors (Lipinski definition) is 2. The normalized spacial score (nSPS) is 27.4. The Labute approximate surface area is 127 Å². The Morgan fingerprint density at radius 3 is 2.58 bits per heavy atom. The van der Waals surface area contributed by atoms with Gasteiger partial charge in [-0.15, -0.1) is 0 Å². The van der Waals surface area contributed by atoms with Crippen molar-refractivity contribution in [2.24, 2.45) is 5.41 Å². The summed E-state index contributed by atoms with van der Waals surface area (Å²) in [6, 6.07) is 8.20. The van der Waals surface area contributed by atoms with Gasteiger partial charge in [0.05, 0.1) is 16.0 Å². The second-order valence-electron chi connectivity index (χ2n) is 5.85. The first-order valence-corrected chi connectivity index (χ1v) is 8.86. The Morgan fingerprint density at radius 2 is 2.00 bits per heavy atom. The van der Waals surface area contributed by atoms with Gasteiger partial charge < -0.3 is 5.32 Å². The summed E-state index contributed by atoms with van der Waals surface area (Å²) in [6.45, 7) is 7.61. The lowest BCUT2D eigenvalue weighted by Gasteiger charge is -2.31. The lowest BCUT2D eigenvalue weighted by molar-refractivity contribution is 0.289. The quantitative estimate of drug-likeness (QED) is 0.902. The first kappa shape index (κ1) is 15.2. The zero-order valence-corrected chi connectivity index (χ0v) is 14.2. The highest BCUT2D eigenvalue weighted by molar-refractivity contribution is 9.10. The second-order valence-corrected chi connectivity index (χ2v) is 8.44. The monoisotopic (exact) mass is 343 g/mol. The van der Waals surface area contributed by atoms with E-state index in [1.165, 1.54) is 0 Å². The predicted octanol–water partition coefficient (Wildman–Crippen LogP) is 3.72. The molecule has 2 nitrogen and oxygen atoms in total. The lowest BCUT2D eigenvalue weighted by atomic mass is 9.87. The van der Waals surface area contributed by atoms with E-state index in [2.05, 4.69) is 42.0 Å². The van der Waals surface area contributed by atoms with Gasteiger partial charge >= 0.3 is 0 Å². The molecule has 3 atom stereocenters. The first-order chi connectivity index (χ1) is 8.95. The molecule has 1 aromatic rings.